The molecule has 1 aliphatic heterocycles. The molecule has 0 aliphatic carbocycles. The molecule has 12 heteroatoms. The quantitative estimate of drug-likeness (QED) is 0.453. The molecule has 0 unspecified atom stereocenters. The van der Waals surface area contributed by atoms with Crippen LogP contribution in [0.3, 0.4) is 0 Å². The van der Waals surface area contributed by atoms with Crippen LogP contribution in [0.1, 0.15) is 12.8 Å². The third-order valence-corrected chi connectivity index (χ3v) is 8.77. The summed E-state index contributed by atoms with van der Waals surface area (Å²) in [5.74, 6) is -1.35. The summed E-state index contributed by atoms with van der Waals surface area (Å²) < 4.78 is 35.1. The lowest BCUT2D eigenvalue weighted by Crippen LogP contribution is -2.43. The van der Waals surface area contributed by atoms with Gasteiger partial charge in [0, 0.05) is 31.2 Å². The van der Waals surface area contributed by atoms with Crippen molar-refractivity contribution >= 4 is 65.3 Å². The Bertz CT molecular complexity index is 1560. The van der Waals surface area contributed by atoms with Crippen LogP contribution in [0.4, 0.5) is 5.13 Å². The van der Waals surface area contributed by atoms with Crippen LogP contribution >= 0.6 is 22.9 Å². The molecule has 3 heterocycles. The van der Waals surface area contributed by atoms with Gasteiger partial charge in [0.05, 0.1) is 26.5 Å². The number of carbonyl (C=O) groups excluding carboxylic acids is 1. The first-order chi connectivity index (χ1) is 15.7. The first-order valence-corrected chi connectivity index (χ1v) is 12.8. The van der Waals surface area contributed by atoms with Crippen LogP contribution in [0.2, 0.25) is 5.02 Å². The van der Waals surface area contributed by atoms with Gasteiger partial charge in [-0.3, -0.25) is 9.36 Å². The number of oxazole rings is 1. The highest BCUT2D eigenvalue weighted by molar-refractivity contribution is 7.89. The molecule has 172 valence electrons. The molecule has 0 radical (unpaired) electrons. The van der Waals surface area contributed by atoms with Gasteiger partial charge in [0.25, 0.3) is 0 Å². The highest BCUT2D eigenvalue weighted by Crippen LogP contribution is 2.30. The number of thiazole rings is 1. The number of nitrogens with one attached hydrogen (secondary N) is 1. The number of hydrogen-bond acceptors (Lipinski definition) is 7. The Morgan fingerprint density at radius 2 is 2.09 bits per heavy atom. The van der Waals surface area contributed by atoms with E-state index < -0.39 is 21.7 Å². The standard InChI is InChI=1S/C21H19ClN4O5S2/c1-25-16-7-5-14(10-17(16)31-21(25)28)33(29,30)26-8-2-3-12(11-26)19(27)24-20-23-15-6-4-13(22)9-18(15)32-20/h4-7,9-10,12H,2-3,8,11H2,1H3,(H,23,24,27)/t12-/m0/s1. The Kier molecular flexibility index (Phi) is 5.52. The smallest absolute Gasteiger partial charge is 0.408 e. The van der Waals surface area contributed by atoms with Gasteiger partial charge in [0.15, 0.2) is 10.7 Å². The maximum Gasteiger partial charge on any atom is 0.419 e. The van der Waals surface area contributed by atoms with E-state index in [-0.39, 0.29) is 22.9 Å². The fraction of sp³-hybridized carbons (Fsp3) is 0.286. The van der Waals surface area contributed by atoms with Crippen LogP contribution < -0.4 is 11.1 Å². The Balaban J connectivity index is 1.34. The zero-order chi connectivity index (χ0) is 23.3. The lowest BCUT2D eigenvalue weighted by Gasteiger charge is -2.31. The zero-order valence-corrected chi connectivity index (χ0v) is 19.8. The first kappa shape index (κ1) is 22.1. The molecule has 1 amide bonds. The molecule has 9 nitrogen and oxygen atoms in total. The van der Waals surface area contributed by atoms with Crippen LogP contribution in [0.15, 0.2) is 50.5 Å². The minimum atomic E-state index is -3.87. The minimum absolute atomic E-state index is 0.0217. The number of anilines is 1. The van der Waals surface area contributed by atoms with Gasteiger partial charge in [0.1, 0.15) is 0 Å². The molecular weight excluding hydrogens is 488 g/mol. The maximum absolute atomic E-state index is 13.2. The van der Waals surface area contributed by atoms with E-state index in [9.17, 15) is 18.0 Å². The van der Waals surface area contributed by atoms with Crippen molar-refractivity contribution in [2.75, 3.05) is 18.4 Å². The van der Waals surface area contributed by atoms with E-state index in [0.29, 0.717) is 35.1 Å². The molecule has 4 aromatic rings. The largest absolute Gasteiger partial charge is 0.419 e. The van der Waals surface area contributed by atoms with Gasteiger partial charge in [-0.25, -0.2) is 18.2 Å². The SMILES string of the molecule is Cn1c(=O)oc2cc(S(=O)(=O)N3CCC[C@H](C(=O)Nc4nc5ccc(Cl)cc5s4)C3)ccc21. The van der Waals surface area contributed by atoms with Crippen molar-refractivity contribution in [3.63, 3.8) is 0 Å². The van der Waals surface area contributed by atoms with Crippen LogP contribution in [-0.2, 0) is 21.9 Å². The van der Waals surface area contributed by atoms with E-state index in [1.165, 1.54) is 32.3 Å². The summed E-state index contributed by atoms with van der Waals surface area (Å²) in [6.07, 6.45) is 1.12. The van der Waals surface area contributed by atoms with E-state index in [2.05, 4.69) is 10.3 Å². The lowest BCUT2D eigenvalue weighted by atomic mass is 9.99. The number of rotatable bonds is 4. The fourth-order valence-corrected chi connectivity index (χ4v) is 6.64. The van der Waals surface area contributed by atoms with Gasteiger partial charge < -0.3 is 9.73 Å². The number of aryl methyl sites for hydroxylation is 1. The molecule has 0 saturated carbocycles. The van der Waals surface area contributed by atoms with Crippen molar-refractivity contribution < 1.29 is 17.6 Å². The third kappa shape index (κ3) is 4.05. The Hall–Kier alpha value is -2.73. The summed E-state index contributed by atoms with van der Waals surface area (Å²) in [6, 6.07) is 9.64. The normalized spacial score (nSPS) is 17.6. The van der Waals surface area contributed by atoms with E-state index >= 15 is 0 Å². The number of piperidine rings is 1. The molecule has 1 N–H and O–H groups in total. The molecule has 0 spiro atoms. The number of aromatic nitrogens is 2. The lowest BCUT2D eigenvalue weighted by molar-refractivity contribution is -0.120. The van der Waals surface area contributed by atoms with E-state index in [1.54, 1.807) is 31.3 Å². The third-order valence-electron chi connectivity index (χ3n) is 5.74. The highest BCUT2D eigenvalue weighted by Gasteiger charge is 2.34. The second-order valence-corrected chi connectivity index (χ2v) is 11.3. The molecule has 1 aliphatic rings. The monoisotopic (exact) mass is 506 g/mol. The Morgan fingerprint density at radius 3 is 2.91 bits per heavy atom. The van der Waals surface area contributed by atoms with Crippen LogP contribution in [-0.4, -0.2) is 41.3 Å². The Labute approximate surface area is 197 Å². The van der Waals surface area contributed by atoms with Gasteiger partial charge >= 0.3 is 5.76 Å². The van der Waals surface area contributed by atoms with Gasteiger partial charge in [-0.05, 0) is 43.2 Å². The topological polar surface area (TPSA) is 115 Å². The average molecular weight is 507 g/mol. The molecule has 0 bridgehead atoms. The number of carbonyl (C=O) groups is 1. The molecule has 1 fully saturated rings. The molecular formula is C21H19ClN4O5S2. The number of halogens is 1. The summed E-state index contributed by atoms with van der Waals surface area (Å²) in [5, 5.41) is 3.85. The fourth-order valence-electron chi connectivity index (χ4n) is 3.96. The van der Waals surface area contributed by atoms with Crippen LogP contribution in [0, 0.1) is 5.92 Å². The maximum atomic E-state index is 13.2. The van der Waals surface area contributed by atoms with E-state index in [4.69, 9.17) is 16.0 Å². The first-order valence-electron chi connectivity index (χ1n) is 10.2. The number of amides is 1. The van der Waals surface area contributed by atoms with Crippen molar-refractivity contribution in [3.05, 3.63) is 52.0 Å². The second-order valence-electron chi connectivity index (χ2n) is 7.88. The van der Waals surface area contributed by atoms with Crippen molar-refractivity contribution in [2.45, 2.75) is 17.7 Å². The van der Waals surface area contributed by atoms with Gasteiger partial charge in [-0.1, -0.05) is 22.9 Å². The Morgan fingerprint density at radius 1 is 1.27 bits per heavy atom. The summed E-state index contributed by atoms with van der Waals surface area (Å²) in [6.45, 7) is 0.365. The van der Waals surface area contributed by atoms with Crippen molar-refractivity contribution in [1.29, 1.82) is 0 Å². The number of sulfonamides is 1. The number of benzene rings is 2. The van der Waals surface area contributed by atoms with Crippen molar-refractivity contribution in [2.24, 2.45) is 13.0 Å². The van der Waals surface area contributed by atoms with E-state index in [0.717, 1.165) is 10.2 Å². The highest BCUT2D eigenvalue weighted by atomic mass is 35.5. The van der Waals surface area contributed by atoms with E-state index in [1.807, 2.05) is 0 Å². The minimum Gasteiger partial charge on any atom is -0.408 e. The number of hydrogen-bond donors (Lipinski definition) is 1. The van der Waals surface area contributed by atoms with Gasteiger partial charge in [-0.2, -0.15) is 4.31 Å². The predicted molar refractivity (Wildman–Crippen MR) is 126 cm³/mol. The summed E-state index contributed by atoms with van der Waals surface area (Å²) in [5.41, 5.74) is 1.44. The average Bonchev–Trinajstić information content (AvgIpc) is 3.32. The molecule has 1 saturated heterocycles. The van der Waals surface area contributed by atoms with Crippen LogP contribution in [0.5, 0.6) is 0 Å². The zero-order valence-electron chi connectivity index (χ0n) is 17.4. The van der Waals surface area contributed by atoms with Crippen LogP contribution in [0.25, 0.3) is 21.3 Å². The molecule has 2 aromatic carbocycles. The van der Waals surface area contributed by atoms with Gasteiger partial charge in [-0.15, -0.1) is 0 Å². The molecule has 5 rings (SSSR count). The van der Waals surface area contributed by atoms with Crippen molar-refractivity contribution in [1.82, 2.24) is 13.9 Å². The predicted octanol–water partition coefficient (Wildman–Crippen LogP) is 3.43. The number of fused-ring (bicyclic) bond motifs is 2. The second kappa shape index (κ2) is 8.24. The van der Waals surface area contributed by atoms with Crippen molar-refractivity contribution in [3.8, 4) is 0 Å². The molecule has 1 atom stereocenters. The summed E-state index contributed by atoms with van der Waals surface area (Å²) in [7, 11) is -2.32. The van der Waals surface area contributed by atoms with Gasteiger partial charge in [0.2, 0.25) is 15.9 Å². The number of nitrogens with zero attached hydrogens (tertiary/aromatic N) is 3. The summed E-state index contributed by atoms with van der Waals surface area (Å²) in [4.78, 5) is 29.0. The molecule has 33 heavy (non-hydrogen) atoms. The summed E-state index contributed by atoms with van der Waals surface area (Å²) >= 11 is 7.33. The molecule has 2 aromatic heterocycles.